The summed E-state index contributed by atoms with van der Waals surface area (Å²) in [7, 11) is 0. The van der Waals surface area contributed by atoms with E-state index in [0.29, 0.717) is 15.9 Å². The Labute approximate surface area is 83.8 Å². The predicted octanol–water partition coefficient (Wildman–Crippen LogP) is 2.33. The summed E-state index contributed by atoms with van der Waals surface area (Å²) in [6.07, 6.45) is 0. The molecule has 0 spiro atoms. The van der Waals surface area contributed by atoms with Gasteiger partial charge in [-0.2, -0.15) is 0 Å². The van der Waals surface area contributed by atoms with Crippen LogP contribution in [-0.2, 0) is 5.33 Å². The molecule has 2 nitrogen and oxygen atoms in total. The van der Waals surface area contributed by atoms with Crippen molar-refractivity contribution in [3.05, 3.63) is 34.3 Å². The van der Waals surface area contributed by atoms with E-state index in [1.807, 2.05) is 6.07 Å². The number of hydrogen-bond acceptors (Lipinski definition) is 1. The standard InChI is InChI=1S/C8H7BrClNO/c9-4-5-1-2-7(10)6(3-5)8(11)12/h1-3H,4H2,(H2,11,12). The zero-order valence-corrected chi connectivity index (χ0v) is 8.52. The highest BCUT2D eigenvalue weighted by Gasteiger charge is 2.06. The first-order valence-corrected chi connectivity index (χ1v) is 4.79. The van der Waals surface area contributed by atoms with Crippen LogP contribution < -0.4 is 5.73 Å². The van der Waals surface area contributed by atoms with E-state index in [2.05, 4.69) is 15.9 Å². The molecule has 0 aliphatic rings. The first kappa shape index (κ1) is 9.55. The average Bonchev–Trinajstić information content (AvgIpc) is 2.05. The Balaban J connectivity index is 3.17. The third-order valence-electron chi connectivity index (χ3n) is 1.45. The molecule has 0 saturated heterocycles. The number of rotatable bonds is 2. The fourth-order valence-corrected chi connectivity index (χ4v) is 1.40. The van der Waals surface area contributed by atoms with Crippen molar-refractivity contribution in [2.75, 3.05) is 0 Å². The SMILES string of the molecule is NC(=O)c1cc(CBr)ccc1Cl. The van der Waals surface area contributed by atoms with Crippen LogP contribution in [0, 0.1) is 0 Å². The van der Waals surface area contributed by atoms with Gasteiger partial charge in [0.05, 0.1) is 10.6 Å². The first-order chi connectivity index (χ1) is 5.65. The van der Waals surface area contributed by atoms with Crippen LogP contribution in [0.2, 0.25) is 5.02 Å². The van der Waals surface area contributed by atoms with Gasteiger partial charge in [-0.15, -0.1) is 0 Å². The van der Waals surface area contributed by atoms with Crippen molar-refractivity contribution in [3.8, 4) is 0 Å². The molecule has 0 aliphatic heterocycles. The Morgan fingerprint density at radius 2 is 2.25 bits per heavy atom. The van der Waals surface area contributed by atoms with Gasteiger partial charge in [0, 0.05) is 5.33 Å². The molecule has 0 heterocycles. The quantitative estimate of drug-likeness (QED) is 0.802. The maximum Gasteiger partial charge on any atom is 0.250 e. The Kier molecular flexibility index (Phi) is 3.12. The minimum absolute atomic E-state index is 0.369. The van der Waals surface area contributed by atoms with Gasteiger partial charge in [0.15, 0.2) is 0 Å². The van der Waals surface area contributed by atoms with E-state index in [1.165, 1.54) is 0 Å². The molecular formula is C8H7BrClNO. The second-order valence-corrected chi connectivity index (χ2v) is 3.28. The smallest absolute Gasteiger partial charge is 0.250 e. The van der Waals surface area contributed by atoms with Gasteiger partial charge in [0.25, 0.3) is 0 Å². The molecule has 1 rings (SSSR count). The summed E-state index contributed by atoms with van der Waals surface area (Å²) in [4.78, 5) is 10.8. The molecule has 1 aromatic rings. The van der Waals surface area contributed by atoms with Crippen LogP contribution >= 0.6 is 27.5 Å². The molecule has 1 amide bonds. The van der Waals surface area contributed by atoms with Crippen molar-refractivity contribution in [1.29, 1.82) is 0 Å². The monoisotopic (exact) mass is 247 g/mol. The van der Waals surface area contributed by atoms with Gasteiger partial charge in [-0.1, -0.05) is 33.6 Å². The molecule has 12 heavy (non-hydrogen) atoms. The summed E-state index contributed by atoms with van der Waals surface area (Å²) in [6.45, 7) is 0. The van der Waals surface area contributed by atoms with E-state index in [1.54, 1.807) is 12.1 Å². The minimum Gasteiger partial charge on any atom is -0.366 e. The minimum atomic E-state index is -0.497. The molecule has 2 N–H and O–H groups in total. The second kappa shape index (κ2) is 3.92. The van der Waals surface area contributed by atoms with Gasteiger partial charge < -0.3 is 5.73 Å². The highest BCUT2D eigenvalue weighted by atomic mass is 79.9. The molecule has 0 atom stereocenters. The van der Waals surface area contributed by atoms with Gasteiger partial charge in [0.1, 0.15) is 0 Å². The number of carbonyl (C=O) groups excluding carboxylic acids is 1. The third kappa shape index (κ3) is 1.99. The zero-order chi connectivity index (χ0) is 9.14. The van der Waals surface area contributed by atoms with Gasteiger partial charge in [-0.25, -0.2) is 0 Å². The van der Waals surface area contributed by atoms with Crippen molar-refractivity contribution in [2.24, 2.45) is 5.73 Å². The Morgan fingerprint density at radius 1 is 1.58 bits per heavy atom. The lowest BCUT2D eigenvalue weighted by atomic mass is 10.1. The largest absolute Gasteiger partial charge is 0.366 e. The number of amides is 1. The maximum atomic E-state index is 10.8. The summed E-state index contributed by atoms with van der Waals surface area (Å²) in [5.74, 6) is -0.497. The fourth-order valence-electron chi connectivity index (χ4n) is 0.844. The number of primary amides is 1. The Hall–Kier alpha value is -0.540. The van der Waals surface area contributed by atoms with Gasteiger partial charge in [-0.05, 0) is 17.7 Å². The van der Waals surface area contributed by atoms with Crippen molar-refractivity contribution in [1.82, 2.24) is 0 Å². The van der Waals surface area contributed by atoms with E-state index in [0.717, 1.165) is 5.56 Å². The lowest BCUT2D eigenvalue weighted by Gasteiger charge is -2.01. The molecule has 0 bridgehead atoms. The highest BCUT2D eigenvalue weighted by Crippen LogP contribution is 2.18. The summed E-state index contributed by atoms with van der Waals surface area (Å²) >= 11 is 9.00. The zero-order valence-electron chi connectivity index (χ0n) is 6.18. The van der Waals surface area contributed by atoms with Crippen LogP contribution in [0.25, 0.3) is 0 Å². The highest BCUT2D eigenvalue weighted by molar-refractivity contribution is 9.08. The van der Waals surface area contributed by atoms with Crippen LogP contribution in [-0.4, -0.2) is 5.91 Å². The average molecular weight is 249 g/mol. The van der Waals surface area contributed by atoms with Crippen LogP contribution in [0.4, 0.5) is 0 Å². The van der Waals surface area contributed by atoms with E-state index < -0.39 is 5.91 Å². The van der Waals surface area contributed by atoms with E-state index >= 15 is 0 Å². The molecule has 0 radical (unpaired) electrons. The number of halogens is 2. The molecule has 1 aromatic carbocycles. The summed E-state index contributed by atoms with van der Waals surface area (Å²) in [6, 6.07) is 5.18. The molecule has 0 fully saturated rings. The van der Waals surface area contributed by atoms with Crippen molar-refractivity contribution in [3.63, 3.8) is 0 Å². The second-order valence-electron chi connectivity index (χ2n) is 2.31. The van der Waals surface area contributed by atoms with E-state index in [-0.39, 0.29) is 0 Å². The topological polar surface area (TPSA) is 43.1 Å². The molecule has 0 saturated carbocycles. The van der Waals surface area contributed by atoms with E-state index in [9.17, 15) is 4.79 Å². The van der Waals surface area contributed by atoms with Gasteiger partial charge >= 0.3 is 0 Å². The first-order valence-electron chi connectivity index (χ1n) is 3.29. The lowest BCUT2D eigenvalue weighted by molar-refractivity contribution is 0.100. The number of nitrogens with two attached hydrogens (primary N) is 1. The summed E-state index contributed by atoms with van der Waals surface area (Å²) < 4.78 is 0. The lowest BCUT2D eigenvalue weighted by Crippen LogP contribution is -2.11. The fraction of sp³-hybridized carbons (Fsp3) is 0.125. The van der Waals surface area contributed by atoms with Crippen LogP contribution in [0.1, 0.15) is 15.9 Å². The normalized spacial score (nSPS) is 9.83. The summed E-state index contributed by atoms with van der Waals surface area (Å²) in [5, 5.41) is 1.08. The Morgan fingerprint density at radius 3 is 2.75 bits per heavy atom. The third-order valence-corrected chi connectivity index (χ3v) is 2.43. The number of hydrogen-bond donors (Lipinski definition) is 1. The van der Waals surface area contributed by atoms with Gasteiger partial charge in [-0.3, -0.25) is 4.79 Å². The van der Waals surface area contributed by atoms with E-state index in [4.69, 9.17) is 17.3 Å². The van der Waals surface area contributed by atoms with Crippen molar-refractivity contribution in [2.45, 2.75) is 5.33 Å². The Bertz CT molecular complexity index is 314. The molecule has 0 aliphatic carbocycles. The molecule has 0 aromatic heterocycles. The van der Waals surface area contributed by atoms with Crippen LogP contribution in [0.5, 0.6) is 0 Å². The van der Waals surface area contributed by atoms with Crippen molar-refractivity contribution >= 4 is 33.4 Å². The molecular weight excluding hydrogens is 241 g/mol. The molecule has 0 unspecified atom stereocenters. The predicted molar refractivity (Wildman–Crippen MR) is 52.6 cm³/mol. The number of carbonyl (C=O) groups is 1. The number of alkyl halides is 1. The van der Waals surface area contributed by atoms with Crippen LogP contribution in [0.15, 0.2) is 18.2 Å². The van der Waals surface area contributed by atoms with Gasteiger partial charge in [0.2, 0.25) is 5.91 Å². The number of benzene rings is 1. The van der Waals surface area contributed by atoms with Crippen molar-refractivity contribution < 1.29 is 4.79 Å². The van der Waals surface area contributed by atoms with Crippen LogP contribution in [0.3, 0.4) is 0 Å². The molecule has 64 valence electrons. The maximum absolute atomic E-state index is 10.8. The molecule has 4 heteroatoms. The summed E-state index contributed by atoms with van der Waals surface area (Å²) in [5.41, 5.74) is 6.45.